The van der Waals surface area contributed by atoms with Crippen molar-refractivity contribution < 1.29 is 0 Å². The summed E-state index contributed by atoms with van der Waals surface area (Å²) >= 11 is 0. The van der Waals surface area contributed by atoms with Crippen molar-refractivity contribution in [1.29, 1.82) is 0 Å². The second kappa shape index (κ2) is 9.15. The van der Waals surface area contributed by atoms with E-state index in [9.17, 15) is 0 Å². The smallest absolute Gasteiger partial charge is 0.0309 e. The number of hydrogen-bond acceptors (Lipinski definition) is 2. The zero-order chi connectivity index (χ0) is 15.0. The summed E-state index contributed by atoms with van der Waals surface area (Å²) in [5.74, 6) is 0. The van der Waals surface area contributed by atoms with Gasteiger partial charge in [-0.25, -0.2) is 0 Å². The SMILES string of the molecule is CCCCCCCCCN1CC2(CCCCC2)NCC1C. The van der Waals surface area contributed by atoms with Gasteiger partial charge < -0.3 is 5.32 Å². The van der Waals surface area contributed by atoms with E-state index >= 15 is 0 Å². The van der Waals surface area contributed by atoms with Crippen LogP contribution in [0.4, 0.5) is 0 Å². The van der Waals surface area contributed by atoms with E-state index in [1.54, 1.807) is 0 Å². The third kappa shape index (κ3) is 5.56. The average molecular weight is 295 g/mol. The summed E-state index contributed by atoms with van der Waals surface area (Å²) in [6.07, 6.45) is 17.1. The molecule has 1 spiro atoms. The summed E-state index contributed by atoms with van der Waals surface area (Å²) in [5.41, 5.74) is 0.478. The fourth-order valence-electron chi connectivity index (χ4n) is 4.23. The van der Waals surface area contributed by atoms with Crippen molar-refractivity contribution in [2.24, 2.45) is 0 Å². The number of nitrogens with zero attached hydrogens (tertiary/aromatic N) is 1. The Morgan fingerprint density at radius 1 is 0.952 bits per heavy atom. The Morgan fingerprint density at radius 2 is 1.62 bits per heavy atom. The third-order valence-electron chi connectivity index (χ3n) is 5.76. The molecule has 1 aliphatic carbocycles. The number of unbranched alkanes of at least 4 members (excludes halogenated alkanes) is 6. The first-order valence-electron chi connectivity index (χ1n) is 9.75. The molecule has 2 fully saturated rings. The van der Waals surface area contributed by atoms with Crippen molar-refractivity contribution in [3.63, 3.8) is 0 Å². The number of rotatable bonds is 8. The lowest BCUT2D eigenvalue weighted by molar-refractivity contribution is 0.0615. The van der Waals surface area contributed by atoms with Crippen LogP contribution in [0.3, 0.4) is 0 Å². The second-order valence-corrected chi connectivity index (χ2v) is 7.66. The van der Waals surface area contributed by atoms with Gasteiger partial charge in [-0.15, -0.1) is 0 Å². The van der Waals surface area contributed by atoms with Gasteiger partial charge in [0, 0.05) is 24.7 Å². The van der Waals surface area contributed by atoms with Gasteiger partial charge in [0.2, 0.25) is 0 Å². The molecule has 2 aliphatic rings. The van der Waals surface area contributed by atoms with Gasteiger partial charge in [0.25, 0.3) is 0 Å². The molecule has 1 heterocycles. The maximum absolute atomic E-state index is 3.90. The Bertz CT molecular complexity index is 271. The quantitative estimate of drug-likeness (QED) is 0.651. The van der Waals surface area contributed by atoms with E-state index in [2.05, 4.69) is 24.1 Å². The Hall–Kier alpha value is -0.0800. The highest BCUT2D eigenvalue weighted by atomic mass is 15.2. The minimum absolute atomic E-state index is 0.478. The molecule has 2 heteroatoms. The van der Waals surface area contributed by atoms with Crippen LogP contribution in [-0.4, -0.2) is 36.1 Å². The molecule has 1 aliphatic heterocycles. The molecular weight excluding hydrogens is 256 g/mol. The minimum Gasteiger partial charge on any atom is -0.308 e. The van der Waals surface area contributed by atoms with Gasteiger partial charge in [0.15, 0.2) is 0 Å². The standard InChI is InChI=1S/C19H38N2/c1-3-4-5-6-7-8-12-15-21-17-19(20-16-18(21)2)13-10-9-11-14-19/h18,20H,3-17H2,1-2H3. The Labute approximate surface area is 133 Å². The fourth-order valence-corrected chi connectivity index (χ4v) is 4.23. The van der Waals surface area contributed by atoms with E-state index in [4.69, 9.17) is 0 Å². The van der Waals surface area contributed by atoms with Crippen LogP contribution in [0.1, 0.15) is 90.9 Å². The van der Waals surface area contributed by atoms with Crippen LogP contribution in [0.25, 0.3) is 0 Å². The van der Waals surface area contributed by atoms with Crippen LogP contribution in [0.5, 0.6) is 0 Å². The Balaban J connectivity index is 1.64. The molecule has 0 aromatic heterocycles. The van der Waals surface area contributed by atoms with Crippen LogP contribution in [0, 0.1) is 0 Å². The molecule has 0 aromatic rings. The molecule has 2 nitrogen and oxygen atoms in total. The topological polar surface area (TPSA) is 15.3 Å². The van der Waals surface area contributed by atoms with Gasteiger partial charge in [-0.3, -0.25) is 4.90 Å². The first-order chi connectivity index (χ1) is 10.3. The molecule has 0 radical (unpaired) electrons. The summed E-state index contributed by atoms with van der Waals surface area (Å²) in [6.45, 7) is 8.55. The molecule has 124 valence electrons. The largest absolute Gasteiger partial charge is 0.308 e. The van der Waals surface area contributed by atoms with Crippen molar-refractivity contribution in [1.82, 2.24) is 10.2 Å². The molecule has 2 rings (SSSR count). The van der Waals surface area contributed by atoms with Crippen molar-refractivity contribution >= 4 is 0 Å². The van der Waals surface area contributed by atoms with E-state index in [0.29, 0.717) is 5.54 Å². The number of piperazine rings is 1. The summed E-state index contributed by atoms with van der Waals surface area (Å²) in [5, 5.41) is 3.90. The molecule has 1 unspecified atom stereocenters. The van der Waals surface area contributed by atoms with Crippen molar-refractivity contribution in [2.75, 3.05) is 19.6 Å². The second-order valence-electron chi connectivity index (χ2n) is 7.66. The molecule has 0 bridgehead atoms. The first kappa shape index (κ1) is 17.3. The van der Waals surface area contributed by atoms with Crippen LogP contribution in [-0.2, 0) is 0 Å². The van der Waals surface area contributed by atoms with Crippen LogP contribution in [0.15, 0.2) is 0 Å². The Morgan fingerprint density at radius 3 is 2.33 bits per heavy atom. The molecular formula is C19H38N2. The van der Waals surface area contributed by atoms with Crippen LogP contribution < -0.4 is 5.32 Å². The fraction of sp³-hybridized carbons (Fsp3) is 1.00. The van der Waals surface area contributed by atoms with E-state index in [1.165, 1.54) is 96.7 Å². The summed E-state index contributed by atoms with van der Waals surface area (Å²) in [6, 6.07) is 0.734. The molecule has 1 saturated carbocycles. The first-order valence-corrected chi connectivity index (χ1v) is 9.75. The van der Waals surface area contributed by atoms with Crippen molar-refractivity contribution in [2.45, 2.75) is 102 Å². The van der Waals surface area contributed by atoms with Gasteiger partial charge in [-0.1, -0.05) is 64.7 Å². The molecule has 0 amide bonds. The van der Waals surface area contributed by atoms with E-state index in [0.717, 1.165) is 6.04 Å². The van der Waals surface area contributed by atoms with Gasteiger partial charge in [0.05, 0.1) is 0 Å². The molecule has 0 aromatic carbocycles. The van der Waals surface area contributed by atoms with E-state index in [-0.39, 0.29) is 0 Å². The zero-order valence-electron chi connectivity index (χ0n) is 14.6. The van der Waals surface area contributed by atoms with Crippen molar-refractivity contribution in [3.05, 3.63) is 0 Å². The predicted octanol–water partition coefficient (Wildman–Crippen LogP) is 4.73. The third-order valence-corrected chi connectivity index (χ3v) is 5.76. The lowest BCUT2D eigenvalue weighted by Gasteiger charge is -2.49. The number of nitrogens with one attached hydrogen (secondary N) is 1. The normalized spacial score (nSPS) is 26.3. The summed E-state index contributed by atoms with van der Waals surface area (Å²) in [4.78, 5) is 2.79. The zero-order valence-corrected chi connectivity index (χ0v) is 14.6. The number of hydrogen-bond donors (Lipinski definition) is 1. The van der Waals surface area contributed by atoms with Crippen LogP contribution in [0.2, 0.25) is 0 Å². The average Bonchev–Trinajstić information content (AvgIpc) is 2.51. The van der Waals surface area contributed by atoms with Gasteiger partial charge >= 0.3 is 0 Å². The lowest BCUT2D eigenvalue weighted by atomic mass is 9.79. The van der Waals surface area contributed by atoms with Gasteiger partial charge in [0.1, 0.15) is 0 Å². The maximum Gasteiger partial charge on any atom is 0.0309 e. The molecule has 21 heavy (non-hydrogen) atoms. The Kier molecular flexibility index (Phi) is 7.53. The predicted molar refractivity (Wildman–Crippen MR) is 92.8 cm³/mol. The van der Waals surface area contributed by atoms with E-state index < -0.39 is 0 Å². The van der Waals surface area contributed by atoms with Crippen molar-refractivity contribution in [3.8, 4) is 0 Å². The summed E-state index contributed by atoms with van der Waals surface area (Å²) < 4.78 is 0. The minimum atomic E-state index is 0.478. The summed E-state index contributed by atoms with van der Waals surface area (Å²) in [7, 11) is 0. The molecule has 1 N–H and O–H groups in total. The highest BCUT2D eigenvalue weighted by Gasteiger charge is 2.38. The van der Waals surface area contributed by atoms with Crippen LogP contribution >= 0.6 is 0 Å². The van der Waals surface area contributed by atoms with Gasteiger partial charge in [-0.05, 0) is 32.7 Å². The molecule has 1 atom stereocenters. The van der Waals surface area contributed by atoms with E-state index in [1.807, 2.05) is 0 Å². The monoisotopic (exact) mass is 294 g/mol. The highest BCUT2D eigenvalue weighted by molar-refractivity contribution is 4.98. The lowest BCUT2D eigenvalue weighted by Crippen LogP contribution is -2.64. The van der Waals surface area contributed by atoms with Gasteiger partial charge in [-0.2, -0.15) is 0 Å². The maximum atomic E-state index is 3.90. The highest BCUT2D eigenvalue weighted by Crippen LogP contribution is 2.31. The molecule has 1 saturated heterocycles.